The van der Waals surface area contributed by atoms with Crippen LogP contribution in [0.5, 0.6) is 0 Å². The van der Waals surface area contributed by atoms with Crippen LogP contribution in [0, 0.1) is 0 Å². The van der Waals surface area contributed by atoms with E-state index in [1.807, 2.05) is 0 Å². The molecule has 16 heavy (non-hydrogen) atoms. The highest BCUT2D eigenvalue weighted by Gasteiger charge is 2.21. The molecule has 2 aliphatic rings. The summed E-state index contributed by atoms with van der Waals surface area (Å²) in [4.78, 5) is 6.79. The Morgan fingerprint density at radius 2 is 2.00 bits per heavy atom. The second-order valence-electron chi connectivity index (χ2n) is 5.10. The van der Waals surface area contributed by atoms with Crippen molar-refractivity contribution in [2.45, 2.75) is 50.6 Å². The predicted octanol–water partition coefficient (Wildman–Crippen LogP) is 0.927. The third-order valence-corrected chi connectivity index (χ3v) is 3.61. The highest BCUT2D eigenvalue weighted by molar-refractivity contribution is 5.78. The summed E-state index contributed by atoms with van der Waals surface area (Å²) in [7, 11) is 2.20. The van der Waals surface area contributed by atoms with Gasteiger partial charge in [0, 0.05) is 18.6 Å². The van der Waals surface area contributed by atoms with Gasteiger partial charge in [-0.1, -0.05) is 12.8 Å². The van der Waals surface area contributed by atoms with Gasteiger partial charge in [-0.25, -0.2) is 0 Å². The first-order chi connectivity index (χ1) is 7.75. The molecule has 0 aliphatic heterocycles. The van der Waals surface area contributed by atoms with E-state index >= 15 is 0 Å². The second-order valence-corrected chi connectivity index (χ2v) is 5.10. The van der Waals surface area contributed by atoms with E-state index in [2.05, 4.69) is 22.3 Å². The van der Waals surface area contributed by atoms with Crippen molar-refractivity contribution in [3.05, 3.63) is 0 Å². The van der Waals surface area contributed by atoms with Gasteiger partial charge in [-0.05, 0) is 32.7 Å². The van der Waals surface area contributed by atoms with Gasteiger partial charge in [0.2, 0.25) is 0 Å². The largest absolute Gasteiger partial charge is 0.370 e. The van der Waals surface area contributed by atoms with Crippen LogP contribution in [0.25, 0.3) is 0 Å². The van der Waals surface area contributed by atoms with E-state index in [1.54, 1.807) is 0 Å². The molecule has 0 aromatic carbocycles. The standard InChI is InChI=1S/C12H24N4/c1-16(11-4-2-3-5-11)9-8-14-12(13)15-10-6-7-10/h10-11H,2-9H2,1H3,(H3,13,14,15). The first-order valence-corrected chi connectivity index (χ1v) is 6.52. The van der Waals surface area contributed by atoms with Crippen LogP contribution in [0.2, 0.25) is 0 Å². The Kier molecular flexibility index (Phi) is 4.04. The lowest BCUT2D eigenvalue weighted by Crippen LogP contribution is -2.35. The summed E-state index contributed by atoms with van der Waals surface area (Å²) in [6.07, 6.45) is 8.00. The molecule has 0 saturated heterocycles. The lowest BCUT2D eigenvalue weighted by molar-refractivity contribution is 0.252. The number of hydrogen-bond acceptors (Lipinski definition) is 2. The lowest BCUT2D eigenvalue weighted by atomic mass is 10.2. The monoisotopic (exact) mass is 224 g/mol. The van der Waals surface area contributed by atoms with Gasteiger partial charge < -0.3 is 16.0 Å². The van der Waals surface area contributed by atoms with Crippen molar-refractivity contribution >= 4 is 5.96 Å². The summed E-state index contributed by atoms with van der Waals surface area (Å²) >= 11 is 0. The summed E-state index contributed by atoms with van der Waals surface area (Å²) in [6.45, 7) is 1.84. The van der Waals surface area contributed by atoms with Crippen LogP contribution in [0.1, 0.15) is 38.5 Å². The molecule has 92 valence electrons. The number of rotatable bonds is 5. The van der Waals surface area contributed by atoms with Crippen molar-refractivity contribution in [1.29, 1.82) is 0 Å². The number of nitrogens with one attached hydrogen (secondary N) is 1. The van der Waals surface area contributed by atoms with Crippen molar-refractivity contribution in [1.82, 2.24) is 10.2 Å². The molecular weight excluding hydrogens is 200 g/mol. The fraction of sp³-hybridized carbons (Fsp3) is 0.917. The average molecular weight is 224 g/mol. The SMILES string of the molecule is CN(CCN=C(N)NC1CC1)C1CCCC1. The third-order valence-electron chi connectivity index (χ3n) is 3.61. The molecule has 0 atom stereocenters. The zero-order valence-electron chi connectivity index (χ0n) is 10.3. The molecule has 4 nitrogen and oxygen atoms in total. The van der Waals surface area contributed by atoms with Crippen LogP contribution in [0.3, 0.4) is 0 Å². The van der Waals surface area contributed by atoms with Gasteiger partial charge >= 0.3 is 0 Å². The minimum absolute atomic E-state index is 0.608. The van der Waals surface area contributed by atoms with Gasteiger partial charge in [-0.15, -0.1) is 0 Å². The van der Waals surface area contributed by atoms with Crippen molar-refractivity contribution in [3.8, 4) is 0 Å². The van der Waals surface area contributed by atoms with E-state index in [0.29, 0.717) is 12.0 Å². The fourth-order valence-electron chi connectivity index (χ4n) is 2.34. The number of nitrogens with two attached hydrogens (primary N) is 1. The van der Waals surface area contributed by atoms with E-state index in [9.17, 15) is 0 Å². The number of hydrogen-bond donors (Lipinski definition) is 2. The summed E-state index contributed by atoms with van der Waals surface area (Å²) in [5.74, 6) is 0.627. The summed E-state index contributed by atoms with van der Waals surface area (Å²) in [6, 6.07) is 1.39. The summed E-state index contributed by atoms with van der Waals surface area (Å²) in [5, 5.41) is 3.21. The molecule has 0 unspecified atom stereocenters. The van der Waals surface area contributed by atoms with Crippen molar-refractivity contribution in [3.63, 3.8) is 0 Å². The first kappa shape index (κ1) is 11.7. The Morgan fingerprint density at radius 3 is 2.62 bits per heavy atom. The maximum atomic E-state index is 5.77. The molecule has 0 amide bonds. The molecule has 0 radical (unpaired) electrons. The Balaban J connectivity index is 1.61. The van der Waals surface area contributed by atoms with Crippen molar-refractivity contribution < 1.29 is 0 Å². The van der Waals surface area contributed by atoms with E-state index in [1.165, 1.54) is 38.5 Å². The topological polar surface area (TPSA) is 53.6 Å². The highest BCUT2D eigenvalue weighted by Crippen LogP contribution is 2.22. The number of aliphatic imine (C=N–C) groups is 1. The number of likely N-dealkylation sites (N-methyl/N-ethyl adjacent to an activating group) is 1. The summed E-state index contributed by atoms with van der Waals surface area (Å²) in [5.41, 5.74) is 5.77. The van der Waals surface area contributed by atoms with E-state index in [0.717, 1.165) is 19.1 Å². The highest BCUT2D eigenvalue weighted by atomic mass is 15.2. The fourth-order valence-corrected chi connectivity index (χ4v) is 2.34. The molecule has 2 saturated carbocycles. The third kappa shape index (κ3) is 3.67. The molecule has 0 aromatic heterocycles. The normalized spacial score (nSPS) is 23.0. The Hall–Kier alpha value is -0.770. The molecule has 0 bridgehead atoms. The molecule has 0 spiro atoms. The van der Waals surface area contributed by atoms with Crippen LogP contribution in [-0.4, -0.2) is 43.1 Å². The van der Waals surface area contributed by atoms with Gasteiger partial charge in [0.15, 0.2) is 5.96 Å². The Labute approximate surface area is 98.3 Å². The molecule has 4 heteroatoms. The van der Waals surface area contributed by atoms with Crippen LogP contribution < -0.4 is 11.1 Å². The zero-order valence-corrected chi connectivity index (χ0v) is 10.3. The van der Waals surface area contributed by atoms with Crippen LogP contribution in [-0.2, 0) is 0 Å². The van der Waals surface area contributed by atoms with Gasteiger partial charge in [0.05, 0.1) is 6.54 Å². The molecule has 3 N–H and O–H groups in total. The molecule has 2 fully saturated rings. The predicted molar refractivity (Wildman–Crippen MR) is 67.5 cm³/mol. The van der Waals surface area contributed by atoms with Gasteiger partial charge in [0.25, 0.3) is 0 Å². The van der Waals surface area contributed by atoms with Gasteiger partial charge in [-0.2, -0.15) is 0 Å². The van der Waals surface area contributed by atoms with E-state index in [-0.39, 0.29) is 0 Å². The van der Waals surface area contributed by atoms with Crippen molar-refractivity contribution in [2.24, 2.45) is 10.7 Å². The first-order valence-electron chi connectivity index (χ1n) is 6.52. The number of guanidine groups is 1. The van der Waals surface area contributed by atoms with E-state index in [4.69, 9.17) is 5.73 Å². The molecule has 0 aromatic rings. The number of nitrogens with zero attached hydrogens (tertiary/aromatic N) is 2. The smallest absolute Gasteiger partial charge is 0.188 e. The van der Waals surface area contributed by atoms with Crippen LogP contribution >= 0.6 is 0 Å². The van der Waals surface area contributed by atoms with Gasteiger partial charge in [-0.3, -0.25) is 4.99 Å². The molecular formula is C12H24N4. The minimum atomic E-state index is 0.608. The van der Waals surface area contributed by atoms with Crippen molar-refractivity contribution in [2.75, 3.05) is 20.1 Å². The quantitative estimate of drug-likeness (QED) is 0.539. The maximum absolute atomic E-state index is 5.77. The van der Waals surface area contributed by atoms with Crippen LogP contribution in [0.4, 0.5) is 0 Å². The molecule has 2 rings (SSSR count). The van der Waals surface area contributed by atoms with E-state index < -0.39 is 0 Å². The maximum Gasteiger partial charge on any atom is 0.188 e. The molecule has 0 heterocycles. The summed E-state index contributed by atoms with van der Waals surface area (Å²) < 4.78 is 0. The van der Waals surface area contributed by atoms with Crippen LogP contribution in [0.15, 0.2) is 4.99 Å². The minimum Gasteiger partial charge on any atom is -0.370 e. The second kappa shape index (κ2) is 5.53. The zero-order chi connectivity index (χ0) is 11.4. The lowest BCUT2D eigenvalue weighted by Gasteiger charge is -2.22. The van der Waals surface area contributed by atoms with Gasteiger partial charge in [0.1, 0.15) is 0 Å². The Morgan fingerprint density at radius 1 is 1.31 bits per heavy atom. The molecule has 2 aliphatic carbocycles. The Bertz CT molecular complexity index is 241. The average Bonchev–Trinajstić information content (AvgIpc) is 2.90.